The van der Waals surface area contributed by atoms with Gasteiger partial charge in [-0.05, 0) is 44.6 Å². The second-order valence-electron chi connectivity index (χ2n) is 4.09. The van der Waals surface area contributed by atoms with Gasteiger partial charge in [0.2, 0.25) is 0 Å². The Morgan fingerprint density at radius 2 is 2.29 bits per heavy atom. The first-order chi connectivity index (χ1) is 6.64. The molecule has 1 aliphatic carbocycles. The van der Waals surface area contributed by atoms with E-state index in [9.17, 15) is 4.79 Å². The molecule has 0 fully saturated rings. The summed E-state index contributed by atoms with van der Waals surface area (Å²) in [5.41, 5.74) is 0.367. The average Bonchev–Trinajstić information content (AvgIpc) is 2.28. The van der Waals surface area contributed by atoms with Crippen molar-refractivity contribution in [3.63, 3.8) is 0 Å². The Morgan fingerprint density at radius 1 is 1.57 bits per heavy atom. The van der Waals surface area contributed by atoms with Crippen LogP contribution in [0.3, 0.4) is 0 Å². The third kappa shape index (κ3) is 2.24. The lowest BCUT2D eigenvalue weighted by molar-refractivity contribution is -0.135. The molecular weight excluding hydrogens is 176 g/mol. The molecule has 0 aliphatic heterocycles. The van der Waals surface area contributed by atoms with Crippen LogP contribution in [0.1, 0.15) is 46.0 Å². The van der Waals surface area contributed by atoms with Crippen molar-refractivity contribution in [1.29, 1.82) is 0 Å². The Bertz CT molecular complexity index is 237. The van der Waals surface area contributed by atoms with Gasteiger partial charge >= 0.3 is 0 Å². The smallest absolute Gasteiger partial charge is 0.189 e. The van der Waals surface area contributed by atoms with Gasteiger partial charge in [-0.1, -0.05) is 13.0 Å². The van der Waals surface area contributed by atoms with Gasteiger partial charge < -0.3 is 4.74 Å². The fourth-order valence-electron chi connectivity index (χ4n) is 1.78. The quantitative estimate of drug-likeness (QED) is 0.691. The molecule has 0 saturated carbocycles. The van der Waals surface area contributed by atoms with Crippen molar-refractivity contribution in [1.82, 2.24) is 0 Å². The molecule has 0 radical (unpaired) electrons. The first-order valence-electron chi connectivity index (χ1n) is 5.43. The van der Waals surface area contributed by atoms with Gasteiger partial charge in [0.15, 0.2) is 5.78 Å². The van der Waals surface area contributed by atoms with E-state index in [4.69, 9.17) is 4.74 Å². The minimum absolute atomic E-state index is 0.183. The molecule has 1 rings (SSSR count). The fraction of sp³-hybridized carbons (Fsp3) is 0.750. The van der Waals surface area contributed by atoms with Crippen LogP contribution in [0, 0.1) is 0 Å². The predicted molar refractivity (Wildman–Crippen MR) is 57.3 cm³/mol. The highest BCUT2D eigenvalue weighted by molar-refractivity contribution is 6.01. The largest absolute Gasteiger partial charge is 0.370 e. The summed E-state index contributed by atoms with van der Waals surface area (Å²) in [6.45, 7) is 3.87. The second kappa shape index (κ2) is 4.74. The molecule has 0 heterocycles. The number of ketones is 1. The van der Waals surface area contributed by atoms with E-state index in [1.165, 1.54) is 6.42 Å². The lowest BCUT2D eigenvalue weighted by Gasteiger charge is -2.27. The normalized spacial score (nSPS) is 21.2. The number of Topliss-reactive ketones (excluding diaryl/α,β-unsaturated/α-hetero) is 1. The topological polar surface area (TPSA) is 26.3 Å². The number of hydrogen-bond donors (Lipinski definition) is 0. The summed E-state index contributed by atoms with van der Waals surface area (Å²) >= 11 is 0. The Kier molecular flexibility index (Phi) is 3.87. The Hall–Kier alpha value is -0.630. The standard InChI is InChI=1S/C12H20O2/c1-4-12(2,14-3)11(13)10-8-6-5-7-9-10/h8H,4-7,9H2,1-3H3. The van der Waals surface area contributed by atoms with Gasteiger partial charge in [-0.25, -0.2) is 0 Å². The van der Waals surface area contributed by atoms with Crippen LogP contribution in [0.25, 0.3) is 0 Å². The monoisotopic (exact) mass is 196 g/mol. The van der Waals surface area contributed by atoms with Gasteiger partial charge in [-0.3, -0.25) is 4.79 Å². The number of rotatable bonds is 4. The summed E-state index contributed by atoms with van der Waals surface area (Å²) in [6.07, 6.45) is 7.15. The number of carbonyl (C=O) groups is 1. The first kappa shape index (κ1) is 11.4. The molecule has 14 heavy (non-hydrogen) atoms. The Balaban J connectivity index is 2.76. The highest BCUT2D eigenvalue weighted by Crippen LogP contribution is 2.26. The van der Waals surface area contributed by atoms with Crippen molar-refractivity contribution in [3.8, 4) is 0 Å². The molecule has 0 aromatic heterocycles. The van der Waals surface area contributed by atoms with Crippen molar-refractivity contribution in [3.05, 3.63) is 11.6 Å². The van der Waals surface area contributed by atoms with Gasteiger partial charge in [0.1, 0.15) is 5.60 Å². The van der Waals surface area contributed by atoms with Crippen molar-refractivity contribution >= 4 is 5.78 Å². The van der Waals surface area contributed by atoms with Crippen molar-refractivity contribution in [2.45, 2.75) is 51.6 Å². The van der Waals surface area contributed by atoms with Crippen LogP contribution in [0.4, 0.5) is 0 Å². The molecule has 0 amide bonds. The summed E-state index contributed by atoms with van der Waals surface area (Å²) in [6, 6.07) is 0. The predicted octanol–water partition coefficient (Wildman–Crippen LogP) is 2.87. The Labute approximate surface area is 86.3 Å². The van der Waals surface area contributed by atoms with Crippen molar-refractivity contribution < 1.29 is 9.53 Å². The lowest BCUT2D eigenvalue weighted by atomic mass is 9.86. The van der Waals surface area contributed by atoms with Crippen LogP contribution < -0.4 is 0 Å². The number of allylic oxidation sites excluding steroid dienone is 1. The van der Waals surface area contributed by atoms with Crippen LogP contribution in [0.15, 0.2) is 11.6 Å². The maximum atomic E-state index is 12.1. The number of ether oxygens (including phenoxy) is 1. The number of carbonyl (C=O) groups excluding carboxylic acids is 1. The molecular formula is C12H20O2. The van der Waals surface area contributed by atoms with E-state index in [0.29, 0.717) is 0 Å². The zero-order valence-corrected chi connectivity index (χ0v) is 9.43. The summed E-state index contributed by atoms with van der Waals surface area (Å²) < 4.78 is 5.31. The van der Waals surface area contributed by atoms with Crippen LogP contribution in [-0.4, -0.2) is 18.5 Å². The van der Waals surface area contributed by atoms with Crippen LogP contribution in [0.2, 0.25) is 0 Å². The van der Waals surface area contributed by atoms with Gasteiger partial charge in [0, 0.05) is 7.11 Å². The maximum absolute atomic E-state index is 12.1. The molecule has 80 valence electrons. The first-order valence-corrected chi connectivity index (χ1v) is 5.43. The van der Waals surface area contributed by atoms with E-state index < -0.39 is 5.60 Å². The van der Waals surface area contributed by atoms with Crippen LogP contribution in [0.5, 0.6) is 0 Å². The van der Waals surface area contributed by atoms with E-state index in [-0.39, 0.29) is 5.78 Å². The number of methoxy groups -OCH3 is 1. The molecule has 0 saturated heterocycles. The van der Waals surface area contributed by atoms with E-state index in [1.54, 1.807) is 7.11 Å². The molecule has 0 spiro atoms. The van der Waals surface area contributed by atoms with E-state index in [2.05, 4.69) is 6.08 Å². The van der Waals surface area contributed by atoms with Crippen molar-refractivity contribution in [2.75, 3.05) is 7.11 Å². The molecule has 1 atom stereocenters. The zero-order valence-electron chi connectivity index (χ0n) is 9.43. The zero-order chi connectivity index (χ0) is 10.6. The highest BCUT2D eigenvalue weighted by Gasteiger charge is 2.33. The third-order valence-corrected chi connectivity index (χ3v) is 3.19. The Morgan fingerprint density at radius 3 is 2.71 bits per heavy atom. The second-order valence-corrected chi connectivity index (χ2v) is 4.09. The van der Waals surface area contributed by atoms with E-state index >= 15 is 0 Å². The molecule has 0 bridgehead atoms. The average molecular weight is 196 g/mol. The molecule has 0 aromatic rings. The van der Waals surface area contributed by atoms with E-state index in [0.717, 1.165) is 31.3 Å². The number of hydrogen-bond acceptors (Lipinski definition) is 2. The summed E-state index contributed by atoms with van der Waals surface area (Å²) in [7, 11) is 1.62. The van der Waals surface area contributed by atoms with Gasteiger partial charge in [0.05, 0.1) is 0 Å². The van der Waals surface area contributed by atoms with Crippen molar-refractivity contribution in [2.24, 2.45) is 0 Å². The van der Waals surface area contributed by atoms with Gasteiger partial charge in [-0.15, -0.1) is 0 Å². The molecule has 2 nitrogen and oxygen atoms in total. The fourth-order valence-corrected chi connectivity index (χ4v) is 1.78. The summed E-state index contributed by atoms with van der Waals surface area (Å²) in [5, 5.41) is 0. The molecule has 2 heteroatoms. The lowest BCUT2D eigenvalue weighted by Crippen LogP contribution is -2.38. The minimum Gasteiger partial charge on any atom is -0.370 e. The third-order valence-electron chi connectivity index (χ3n) is 3.19. The molecule has 1 aliphatic rings. The van der Waals surface area contributed by atoms with Gasteiger partial charge in [-0.2, -0.15) is 0 Å². The highest BCUT2D eigenvalue weighted by atomic mass is 16.5. The van der Waals surface area contributed by atoms with E-state index in [1.807, 2.05) is 13.8 Å². The molecule has 1 unspecified atom stereocenters. The summed E-state index contributed by atoms with van der Waals surface area (Å²) in [4.78, 5) is 12.1. The van der Waals surface area contributed by atoms with Crippen LogP contribution in [-0.2, 0) is 9.53 Å². The van der Waals surface area contributed by atoms with Gasteiger partial charge in [0.25, 0.3) is 0 Å². The molecule has 0 N–H and O–H groups in total. The maximum Gasteiger partial charge on any atom is 0.189 e. The molecule has 0 aromatic carbocycles. The minimum atomic E-state index is -0.608. The van der Waals surface area contributed by atoms with Crippen LogP contribution >= 0.6 is 0 Å². The SMILES string of the molecule is CCC(C)(OC)C(=O)C1=CCCCC1. The summed E-state index contributed by atoms with van der Waals surface area (Å²) in [5.74, 6) is 0.183.